The molecule has 1 aliphatic heterocycles. The van der Waals surface area contributed by atoms with E-state index in [0.29, 0.717) is 24.0 Å². The zero-order valence-corrected chi connectivity index (χ0v) is 10.2. The molecule has 1 unspecified atom stereocenters. The fourth-order valence-corrected chi connectivity index (χ4v) is 2.00. The van der Waals surface area contributed by atoms with Gasteiger partial charge in [0, 0.05) is 12.6 Å². The first-order valence-electron chi connectivity index (χ1n) is 5.86. The van der Waals surface area contributed by atoms with Crippen LogP contribution >= 0.6 is 0 Å². The van der Waals surface area contributed by atoms with Crippen molar-refractivity contribution in [3.05, 3.63) is 47.4 Å². The lowest BCUT2D eigenvalue weighted by Crippen LogP contribution is -2.26. The number of Topliss-reactive ketones (excluding diaryl/α,β-unsaturated/α-hetero) is 1. The molecule has 0 aromatic heterocycles. The van der Waals surface area contributed by atoms with Gasteiger partial charge in [-0.25, -0.2) is 0 Å². The van der Waals surface area contributed by atoms with Gasteiger partial charge >= 0.3 is 0 Å². The molecule has 0 saturated heterocycles. The summed E-state index contributed by atoms with van der Waals surface area (Å²) in [5.41, 5.74) is 1.46. The Bertz CT molecular complexity index is 437. The van der Waals surface area contributed by atoms with Crippen LogP contribution in [-0.4, -0.2) is 19.4 Å². The predicted molar refractivity (Wildman–Crippen MR) is 66.6 cm³/mol. The average Bonchev–Trinajstić information content (AvgIpc) is 2.39. The predicted octanol–water partition coefficient (Wildman–Crippen LogP) is 2.36. The highest BCUT2D eigenvalue weighted by Gasteiger charge is 2.24. The van der Waals surface area contributed by atoms with Gasteiger partial charge in [-0.2, -0.15) is 0 Å². The van der Waals surface area contributed by atoms with Crippen molar-refractivity contribution < 1.29 is 9.53 Å². The van der Waals surface area contributed by atoms with E-state index in [-0.39, 0.29) is 5.78 Å². The first-order chi connectivity index (χ1) is 8.22. The molecule has 1 N–H and O–H groups in total. The van der Waals surface area contributed by atoms with Crippen molar-refractivity contribution in [3.63, 3.8) is 0 Å². The Hall–Kier alpha value is -1.77. The second-order valence-corrected chi connectivity index (χ2v) is 4.37. The zero-order valence-electron chi connectivity index (χ0n) is 10.2. The highest BCUT2D eigenvalue weighted by Crippen LogP contribution is 2.25. The lowest BCUT2D eigenvalue weighted by Gasteiger charge is -2.24. The summed E-state index contributed by atoms with van der Waals surface area (Å²) in [5, 5.41) is 2.96. The second-order valence-electron chi connectivity index (χ2n) is 4.37. The molecule has 17 heavy (non-hydrogen) atoms. The van der Waals surface area contributed by atoms with Gasteiger partial charge < -0.3 is 10.1 Å². The minimum absolute atomic E-state index is 0.0569. The topological polar surface area (TPSA) is 38.3 Å². The minimum Gasteiger partial charge on any atom is -0.479 e. The van der Waals surface area contributed by atoms with E-state index in [1.54, 1.807) is 7.05 Å². The number of benzene rings is 1. The third-order valence-electron chi connectivity index (χ3n) is 2.88. The minimum atomic E-state index is 0.0569. The van der Waals surface area contributed by atoms with Crippen molar-refractivity contribution in [2.24, 2.45) is 5.92 Å². The molecule has 1 heterocycles. The molecule has 1 aromatic rings. The number of carbonyl (C=O) groups excluding carboxylic acids is 1. The maximum atomic E-state index is 12.3. The molecule has 0 radical (unpaired) electrons. The van der Waals surface area contributed by atoms with Crippen LogP contribution < -0.4 is 5.32 Å². The van der Waals surface area contributed by atoms with Gasteiger partial charge in [0.15, 0.2) is 11.7 Å². The van der Waals surface area contributed by atoms with Crippen LogP contribution in [0.25, 0.3) is 0 Å². The molecule has 90 valence electrons. The molecule has 0 fully saturated rings. The van der Waals surface area contributed by atoms with Gasteiger partial charge in [-0.05, 0) is 12.3 Å². The van der Waals surface area contributed by atoms with Gasteiger partial charge in [-0.15, -0.1) is 0 Å². The lowest BCUT2D eigenvalue weighted by molar-refractivity contribution is 0.0950. The van der Waals surface area contributed by atoms with Gasteiger partial charge in [0.05, 0.1) is 12.2 Å². The summed E-state index contributed by atoms with van der Waals surface area (Å²) < 4.78 is 5.54. The van der Waals surface area contributed by atoms with E-state index < -0.39 is 0 Å². The Morgan fingerprint density at radius 1 is 1.35 bits per heavy atom. The molecular weight excluding hydrogens is 214 g/mol. The van der Waals surface area contributed by atoms with Crippen LogP contribution in [-0.2, 0) is 4.74 Å². The molecule has 2 rings (SSSR count). The quantitative estimate of drug-likeness (QED) is 0.811. The lowest BCUT2D eigenvalue weighted by atomic mass is 9.93. The van der Waals surface area contributed by atoms with E-state index >= 15 is 0 Å². The van der Waals surface area contributed by atoms with Gasteiger partial charge in [-0.1, -0.05) is 37.3 Å². The van der Waals surface area contributed by atoms with E-state index in [4.69, 9.17) is 4.74 Å². The number of rotatable bonds is 3. The highest BCUT2D eigenvalue weighted by molar-refractivity contribution is 6.09. The summed E-state index contributed by atoms with van der Waals surface area (Å²) in [5.74, 6) is 1.06. The summed E-state index contributed by atoms with van der Waals surface area (Å²) in [6.45, 7) is 2.76. The van der Waals surface area contributed by atoms with Crippen molar-refractivity contribution in [3.8, 4) is 0 Å². The smallest absolute Gasteiger partial charge is 0.194 e. The molecule has 1 aromatic carbocycles. The third kappa shape index (κ3) is 2.49. The molecule has 3 nitrogen and oxygen atoms in total. The van der Waals surface area contributed by atoms with E-state index in [9.17, 15) is 4.79 Å². The standard InChI is InChI=1S/C14H17NO2/c1-10-8-12(14(15-2)17-9-10)13(16)11-6-4-3-5-7-11/h3-7,10,15H,8-9H2,1-2H3. The van der Waals surface area contributed by atoms with E-state index in [2.05, 4.69) is 12.2 Å². The van der Waals surface area contributed by atoms with Crippen molar-refractivity contribution in [2.45, 2.75) is 13.3 Å². The molecule has 3 heteroatoms. The summed E-state index contributed by atoms with van der Waals surface area (Å²) in [6.07, 6.45) is 0.768. The maximum Gasteiger partial charge on any atom is 0.194 e. The molecule has 0 spiro atoms. The Kier molecular flexibility index (Phi) is 3.47. The van der Waals surface area contributed by atoms with E-state index in [1.807, 2.05) is 30.3 Å². The van der Waals surface area contributed by atoms with Gasteiger partial charge in [-0.3, -0.25) is 4.79 Å². The fourth-order valence-electron chi connectivity index (χ4n) is 2.00. The molecular formula is C14H17NO2. The largest absolute Gasteiger partial charge is 0.479 e. The highest BCUT2D eigenvalue weighted by atomic mass is 16.5. The number of nitrogens with one attached hydrogen (secondary N) is 1. The molecule has 0 amide bonds. The molecule has 0 saturated carbocycles. The van der Waals surface area contributed by atoms with Crippen LogP contribution in [0, 0.1) is 5.92 Å². The van der Waals surface area contributed by atoms with Gasteiger partial charge in [0.25, 0.3) is 0 Å². The van der Waals surface area contributed by atoms with Gasteiger partial charge in [0.2, 0.25) is 0 Å². The number of allylic oxidation sites excluding steroid dienone is 1. The van der Waals surface area contributed by atoms with Crippen LogP contribution in [0.15, 0.2) is 41.8 Å². The Labute approximate surface area is 101 Å². The Morgan fingerprint density at radius 3 is 2.71 bits per heavy atom. The first kappa shape index (κ1) is 11.7. The van der Waals surface area contributed by atoms with Crippen LogP contribution in [0.4, 0.5) is 0 Å². The Morgan fingerprint density at radius 2 is 2.06 bits per heavy atom. The van der Waals surface area contributed by atoms with E-state index in [0.717, 1.165) is 12.0 Å². The second kappa shape index (κ2) is 5.04. The summed E-state index contributed by atoms with van der Waals surface area (Å²) in [4.78, 5) is 12.3. The van der Waals surface area contributed by atoms with Gasteiger partial charge in [0.1, 0.15) is 0 Å². The number of carbonyl (C=O) groups is 1. The average molecular weight is 231 g/mol. The summed E-state index contributed by atoms with van der Waals surface area (Å²) >= 11 is 0. The zero-order chi connectivity index (χ0) is 12.3. The summed E-state index contributed by atoms with van der Waals surface area (Å²) in [6, 6.07) is 9.33. The van der Waals surface area contributed by atoms with Crippen molar-refractivity contribution in [1.82, 2.24) is 5.32 Å². The van der Waals surface area contributed by atoms with Crippen molar-refractivity contribution in [1.29, 1.82) is 0 Å². The number of hydrogen-bond donors (Lipinski definition) is 1. The number of ketones is 1. The summed E-state index contributed by atoms with van der Waals surface area (Å²) in [7, 11) is 1.78. The number of hydrogen-bond acceptors (Lipinski definition) is 3. The molecule has 1 atom stereocenters. The normalized spacial score (nSPS) is 19.8. The van der Waals surface area contributed by atoms with Crippen LogP contribution in [0.1, 0.15) is 23.7 Å². The fraction of sp³-hybridized carbons (Fsp3) is 0.357. The number of ether oxygens (including phenoxy) is 1. The van der Waals surface area contributed by atoms with Crippen molar-refractivity contribution in [2.75, 3.05) is 13.7 Å². The van der Waals surface area contributed by atoms with Crippen LogP contribution in [0.3, 0.4) is 0 Å². The Balaban J connectivity index is 2.31. The monoisotopic (exact) mass is 231 g/mol. The SMILES string of the molecule is CNC1=C(C(=O)c2ccccc2)CC(C)CO1. The van der Waals surface area contributed by atoms with Crippen molar-refractivity contribution >= 4 is 5.78 Å². The van der Waals surface area contributed by atoms with Crippen LogP contribution in [0.5, 0.6) is 0 Å². The van der Waals surface area contributed by atoms with Crippen LogP contribution in [0.2, 0.25) is 0 Å². The first-order valence-corrected chi connectivity index (χ1v) is 5.86. The molecule has 0 bridgehead atoms. The third-order valence-corrected chi connectivity index (χ3v) is 2.88. The maximum absolute atomic E-state index is 12.3. The molecule has 1 aliphatic rings. The molecule has 0 aliphatic carbocycles. The van der Waals surface area contributed by atoms with E-state index in [1.165, 1.54) is 0 Å².